The highest BCUT2D eigenvalue weighted by Crippen LogP contribution is 2.43. The molecule has 22 nitrogen and oxygen atoms in total. The summed E-state index contributed by atoms with van der Waals surface area (Å²) >= 11 is 12.2. The number of aliphatic hydroxyl groups excluding tert-OH is 4. The first-order chi connectivity index (χ1) is 71.2. The number of benzene rings is 11. The van der Waals surface area contributed by atoms with E-state index in [9.17, 15) is 39.6 Å². The number of likely N-dealkylation sites (tertiary alicyclic amines) is 5. The van der Waals surface area contributed by atoms with Crippen LogP contribution in [-0.4, -0.2) is 280 Å². The first kappa shape index (κ1) is 103. The largest absolute Gasteiger partial charge is 0.491 e. The molecular formula is C119H131ClN8O14S4. The van der Waals surface area contributed by atoms with Gasteiger partial charge in [-0.05, 0) is 285 Å². The topological polar surface area (TPSA) is 230 Å². The van der Waals surface area contributed by atoms with E-state index in [1.165, 1.54) is 128 Å². The second kappa shape index (κ2) is 48.8. The fourth-order valence-electron chi connectivity index (χ4n) is 21.5. The van der Waals surface area contributed by atoms with Crippen LogP contribution in [0, 0.1) is 0 Å². The Kier molecular flexibility index (Phi) is 34.5. The van der Waals surface area contributed by atoms with E-state index in [4.69, 9.17) is 40.1 Å². The quantitative estimate of drug-likeness (QED) is 0.0319. The number of allylic oxidation sites excluding steroid dienone is 1. The van der Waals surface area contributed by atoms with E-state index in [1.54, 1.807) is 21.1 Å². The van der Waals surface area contributed by atoms with Crippen LogP contribution in [0.4, 0.5) is 0 Å². The molecule has 762 valence electrons. The van der Waals surface area contributed by atoms with Gasteiger partial charge in [-0.25, -0.2) is 5.06 Å². The number of carbonyl (C=O) groups is 4. The summed E-state index contributed by atoms with van der Waals surface area (Å²) in [5, 5.41) is 56.0. The van der Waals surface area contributed by atoms with Crippen LogP contribution >= 0.6 is 56.9 Å². The van der Waals surface area contributed by atoms with Crippen molar-refractivity contribution in [2.24, 2.45) is 0 Å². The molecule has 6 aliphatic heterocycles. The molecule has 0 bridgehead atoms. The molecule has 4 aromatic heterocycles. The Balaban J connectivity index is 0.000000123. The summed E-state index contributed by atoms with van der Waals surface area (Å²) < 4.78 is 33.4. The van der Waals surface area contributed by atoms with Gasteiger partial charge in [0.1, 0.15) is 78.7 Å². The minimum absolute atomic E-state index is 0.0513. The maximum Gasteiger partial charge on any atom is 0.287 e. The van der Waals surface area contributed by atoms with Crippen molar-refractivity contribution in [2.75, 3.05) is 173 Å². The van der Waals surface area contributed by atoms with Crippen LogP contribution in [0.15, 0.2) is 243 Å². The number of hydroxylamine groups is 2. The molecule has 4 amide bonds. The van der Waals surface area contributed by atoms with Gasteiger partial charge in [0.25, 0.3) is 23.6 Å². The van der Waals surface area contributed by atoms with Gasteiger partial charge in [-0.3, -0.25) is 24.0 Å². The summed E-state index contributed by atoms with van der Waals surface area (Å²) in [6.45, 7) is 15.3. The molecule has 7 aliphatic rings. The number of thiophene rings is 4. The molecule has 1 aliphatic carbocycles. The average molecular weight is 2060 g/mol. The van der Waals surface area contributed by atoms with Crippen LogP contribution in [0.5, 0.6) is 23.0 Å². The number of β-amino-alcohol motifs (C(OH)–C–C–N with tert-alkyl or cyclic N) is 4. The third-order valence-electron chi connectivity index (χ3n) is 29.6. The van der Waals surface area contributed by atoms with Gasteiger partial charge in [-0.2, -0.15) is 0 Å². The van der Waals surface area contributed by atoms with Crippen molar-refractivity contribution in [3.05, 3.63) is 301 Å². The Bertz CT molecular complexity index is 7060. The number of morpholine rings is 1. The summed E-state index contributed by atoms with van der Waals surface area (Å²) in [6.07, 6.45) is 14.2. The number of fused-ring (bicyclic) bond motifs is 8. The third-order valence-corrected chi connectivity index (χ3v) is 34.5. The minimum atomic E-state index is -0.586. The minimum Gasteiger partial charge on any atom is -0.491 e. The highest BCUT2D eigenvalue weighted by molar-refractivity contribution is 7.22. The second-order valence-corrected chi connectivity index (χ2v) is 44.5. The summed E-state index contributed by atoms with van der Waals surface area (Å²) in [5.74, 6) is 4.95. The van der Waals surface area contributed by atoms with Gasteiger partial charge in [0.05, 0.1) is 40.0 Å². The Morgan fingerprint density at radius 1 is 0.390 bits per heavy atom. The van der Waals surface area contributed by atoms with E-state index < -0.39 is 24.4 Å². The molecule has 6 saturated heterocycles. The Labute approximate surface area is 875 Å². The van der Waals surface area contributed by atoms with Crippen LogP contribution in [-0.2, 0) is 16.0 Å². The fraction of sp³-hybridized carbons (Fsp3) is 0.378. The number of hydrogen-bond donors (Lipinski definition) is 4. The van der Waals surface area contributed by atoms with Crippen LogP contribution in [0.3, 0.4) is 0 Å². The van der Waals surface area contributed by atoms with Crippen LogP contribution < -0.4 is 18.9 Å². The number of halogens is 1. The van der Waals surface area contributed by atoms with Crippen LogP contribution in [0.1, 0.15) is 160 Å². The number of aliphatic hydroxyl groups is 4. The van der Waals surface area contributed by atoms with Crippen molar-refractivity contribution < 1.29 is 68.1 Å². The predicted octanol–water partition coefficient (Wildman–Crippen LogP) is 21.8. The summed E-state index contributed by atoms with van der Waals surface area (Å²) in [4.78, 5) is 72.9. The zero-order valence-corrected chi connectivity index (χ0v) is 87.6. The zero-order valence-electron chi connectivity index (χ0n) is 83.6. The van der Waals surface area contributed by atoms with Crippen LogP contribution in [0.2, 0.25) is 5.02 Å². The number of amides is 4. The molecule has 10 heterocycles. The molecule has 0 radical (unpaired) electrons. The lowest BCUT2D eigenvalue weighted by Gasteiger charge is -2.33. The lowest BCUT2D eigenvalue weighted by Crippen LogP contribution is -2.40. The molecule has 22 rings (SSSR count). The average Bonchev–Trinajstić information content (AvgIpc) is 1.62. The van der Waals surface area contributed by atoms with Crippen molar-refractivity contribution in [3.8, 4) is 23.0 Å². The Morgan fingerprint density at radius 3 is 1.29 bits per heavy atom. The molecule has 11 aromatic carbocycles. The number of hydrogen-bond acceptors (Lipinski definition) is 22. The second-order valence-electron chi connectivity index (χ2n) is 39.8. The van der Waals surface area contributed by atoms with Crippen LogP contribution in [0.25, 0.3) is 78.7 Å². The molecular weight excluding hydrogens is 1930 g/mol. The molecule has 6 fully saturated rings. The Hall–Kier alpha value is -11.3. The molecule has 146 heavy (non-hydrogen) atoms. The van der Waals surface area contributed by atoms with E-state index in [-0.39, 0.29) is 50.1 Å². The zero-order chi connectivity index (χ0) is 101. The number of nitrogens with zero attached hydrogens (tertiary/aromatic N) is 8. The number of ether oxygens (including phenoxy) is 5. The van der Waals surface area contributed by atoms with E-state index in [0.29, 0.717) is 102 Å². The summed E-state index contributed by atoms with van der Waals surface area (Å²) in [6, 6.07) is 81.8. The van der Waals surface area contributed by atoms with Gasteiger partial charge in [0.2, 0.25) is 0 Å². The van der Waals surface area contributed by atoms with Gasteiger partial charge in [0, 0.05) is 114 Å². The van der Waals surface area contributed by atoms with Gasteiger partial charge in [-0.15, -0.1) is 45.3 Å². The highest BCUT2D eigenvalue weighted by atomic mass is 35.5. The molecule has 27 heteroatoms. The van der Waals surface area contributed by atoms with Crippen molar-refractivity contribution in [1.29, 1.82) is 0 Å². The molecule has 0 spiro atoms. The molecule has 4 atom stereocenters. The van der Waals surface area contributed by atoms with E-state index in [2.05, 4.69) is 177 Å². The number of piperidine rings is 4. The van der Waals surface area contributed by atoms with Crippen molar-refractivity contribution in [2.45, 2.75) is 119 Å². The van der Waals surface area contributed by atoms with Gasteiger partial charge in [-0.1, -0.05) is 188 Å². The van der Waals surface area contributed by atoms with Crippen molar-refractivity contribution >= 4 is 159 Å². The molecule has 15 aromatic rings. The molecule has 0 saturated carbocycles. The van der Waals surface area contributed by atoms with E-state index in [1.807, 2.05) is 101 Å². The standard InChI is InChI=1S/C31H34N2O3S.C30H34N2O4S.C29H31ClN2O3S.C29H32N2O4S/c34-26(20-32-16-12-23(13-17-32)25-11-10-22-6-1-2-7-24(22)18-25)21-36-28-8-5-9-29-27(28)19-30(37-29)31(35)33-14-3-4-15-33;33-25(19-31-11-9-22(10-12-31)24-8-7-21-3-1-4-23(21)17-24)20-36-27-5-2-6-28-26(27)18-29(37-28)30(34)32-13-15-35-16-14-32;1-31(2)29(34)28-27(30)25-11-10-22(16-26(25)36-28)35-18-21(33)17-32-14-12-20(13-15-32)24-9-5-7-19-6-3-4-8-23(19)24;1-30(34-2)29(33)28-17-25-26(8-5-9-27(25)36-28)35-19-24(32)18-31-14-12-21(13-15-31)23-11-10-20-6-3-4-7-22(20)16-23/h1-2,5-11,18-19,23,26,34H,3-4,12-17,20-21H2;1-3,5-8,17-18,22,25,33H,4,9-16,19-20H2;3-11,16,20-21,33H,12-15,17-18H2,1-2H3;3-11,16-17,21,24,32H,12-15,18-19H2,1-2H3/t26-;25-;21-;24-/m0000/s1. The lowest BCUT2D eigenvalue weighted by molar-refractivity contribution is -0.0753. The smallest absolute Gasteiger partial charge is 0.287 e. The lowest BCUT2D eigenvalue weighted by atomic mass is 9.86. The van der Waals surface area contributed by atoms with Gasteiger partial charge in [0.15, 0.2) is 0 Å². The molecule has 0 unspecified atom stereocenters. The Morgan fingerprint density at radius 2 is 0.808 bits per heavy atom. The van der Waals surface area contributed by atoms with Gasteiger partial charge < -0.3 is 78.4 Å². The van der Waals surface area contributed by atoms with E-state index in [0.717, 1.165) is 198 Å². The fourth-order valence-corrected chi connectivity index (χ4v) is 26.2. The predicted molar refractivity (Wildman–Crippen MR) is 592 cm³/mol. The normalized spacial score (nSPS) is 17.3. The van der Waals surface area contributed by atoms with Gasteiger partial charge >= 0.3 is 0 Å². The first-order valence-electron chi connectivity index (χ1n) is 51.6. The number of rotatable bonds is 29. The first-order valence-corrected chi connectivity index (χ1v) is 55.2. The maximum atomic E-state index is 12.9. The highest BCUT2D eigenvalue weighted by Gasteiger charge is 2.32. The summed E-state index contributed by atoms with van der Waals surface area (Å²) in [7, 11) is 6.48. The third kappa shape index (κ3) is 25.5. The van der Waals surface area contributed by atoms with Crippen molar-refractivity contribution in [3.63, 3.8) is 0 Å². The monoisotopic (exact) mass is 2060 g/mol. The number of carbonyl (C=O) groups excluding carboxylic acids is 4. The molecule has 4 N–H and O–H groups in total. The van der Waals surface area contributed by atoms with Crippen molar-refractivity contribution in [1.82, 2.24) is 39.4 Å². The summed E-state index contributed by atoms with van der Waals surface area (Å²) in [5.41, 5.74) is 8.55. The van der Waals surface area contributed by atoms with E-state index >= 15 is 0 Å². The SMILES string of the molecule is CN(C)C(=O)c1sc2cc(OC[C@@H](O)CN3CCC(c4cccc5ccccc45)CC3)ccc2c1Cl.CON(C)C(=O)c1cc2c(OC[C@@H](O)CN3CCC(c4ccc5ccccc5c4)CC3)cccc2s1.O=C(c1cc2c(OC[C@@H](O)CN3CCC(c4ccc5c(c4)CC=C5)CC3)cccc2s1)N1CCOCC1.O=C(c1cc2c(OC[C@@H](O)CN3CCC(c4ccc5ccccc5c4)CC3)cccc2s1)N1CCCC1. The maximum absolute atomic E-state index is 12.9.